The van der Waals surface area contributed by atoms with Crippen LogP contribution in [-0.4, -0.2) is 27.9 Å². The van der Waals surface area contributed by atoms with Crippen molar-refractivity contribution in [2.45, 2.75) is 18.9 Å². The van der Waals surface area contributed by atoms with Crippen LogP contribution < -0.4 is 10.2 Å². The fourth-order valence-electron chi connectivity index (χ4n) is 3.16. The first-order valence-electron chi connectivity index (χ1n) is 7.00. The number of benzene rings is 1. The Kier molecular flexibility index (Phi) is 2.51. The number of nitrogens with one attached hydrogen (secondary N) is 1. The number of pyridine rings is 1. The van der Waals surface area contributed by atoms with Gasteiger partial charge >= 0.3 is 0 Å². The van der Waals surface area contributed by atoms with E-state index in [1.54, 1.807) is 18.3 Å². The molecule has 2 aliphatic rings. The Morgan fingerprint density at radius 1 is 1.36 bits per heavy atom. The lowest BCUT2D eigenvalue weighted by Gasteiger charge is -2.30. The standard InChI is InChI=1S/C16H13N3O3/c1-8-2-3-12(15(21)18-8)19-14-13-9(4-5-17-14)6-10(20)7-11(13)16(19)22/h4-7,12,20H,1-3H2,(H,18,21). The normalized spacial score (nSPS) is 20.6. The molecule has 6 nitrogen and oxygen atoms in total. The molecule has 110 valence electrons. The highest BCUT2D eigenvalue weighted by Crippen LogP contribution is 2.40. The topological polar surface area (TPSA) is 82.5 Å². The van der Waals surface area contributed by atoms with Gasteiger partial charge in [0, 0.05) is 17.3 Å². The second kappa shape index (κ2) is 4.30. The fourth-order valence-corrected chi connectivity index (χ4v) is 3.16. The molecule has 0 bridgehead atoms. The summed E-state index contributed by atoms with van der Waals surface area (Å²) in [5, 5.41) is 13.9. The molecule has 1 aromatic carbocycles. The molecule has 0 radical (unpaired) electrons. The molecule has 3 heterocycles. The summed E-state index contributed by atoms with van der Waals surface area (Å²) in [6.07, 6.45) is 2.71. The summed E-state index contributed by atoms with van der Waals surface area (Å²) in [6.45, 7) is 3.75. The molecule has 0 aliphatic carbocycles. The number of piperidine rings is 1. The molecule has 2 aromatic rings. The molecular formula is C16H13N3O3. The van der Waals surface area contributed by atoms with Gasteiger partial charge in [-0.1, -0.05) is 6.58 Å². The number of rotatable bonds is 1. The highest BCUT2D eigenvalue weighted by atomic mass is 16.3. The average Bonchev–Trinajstić information content (AvgIpc) is 2.74. The maximum Gasteiger partial charge on any atom is 0.261 e. The van der Waals surface area contributed by atoms with Gasteiger partial charge in [0.05, 0.1) is 5.56 Å². The zero-order valence-electron chi connectivity index (χ0n) is 11.7. The second-order valence-corrected chi connectivity index (χ2v) is 5.55. The zero-order valence-corrected chi connectivity index (χ0v) is 11.7. The van der Waals surface area contributed by atoms with Gasteiger partial charge in [-0.2, -0.15) is 0 Å². The van der Waals surface area contributed by atoms with Crippen molar-refractivity contribution >= 4 is 28.4 Å². The predicted molar refractivity (Wildman–Crippen MR) is 80.5 cm³/mol. The smallest absolute Gasteiger partial charge is 0.261 e. The van der Waals surface area contributed by atoms with E-state index in [0.29, 0.717) is 35.3 Å². The number of nitrogens with zero attached hydrogens (tertiary/aromatic N) is 2. The molecule has 1 unspecified atom stereocenters. The van der Waals surface area contributed by atoms with Gasteiger partial charge in [-0.25, -0.2) is 4.98 Å². The minimum absolute atomic E-state index is 0.0244. The van der Waals surface area contributed by atoms with Crippen molar-refractivity contribution in [3.05, 3.63) is 42.2 Å². The number of carbonyl (C=O) groups is 2. The van der Waals surface area contributed by atoms with Crippen LogP contribution in [0.15, 0.2) is 36.7 Å². The lowest BCUT2D eigenvalue weighted by molar-refractivity contribution is -0.122. The zero-order chi connectivity index (χ0) is 15.4. The Balaban J connectivity index is 1.88. The van der Waals surface area contributed by atoms with Crippen LogP contribution in [0.3, 0.4) is 0 Å². The third kappa shape index (κ3) is 1.64. The molecule has 4 rings (SSSR count). The number of amides is 2. The van der Waals surface area contributed by atoms with Gasteiger partial charge in [-0.05, 0) is 36.4 Å². The third-order valence-corrected chi connectivity index (χ3v) is 4.14. The van der Waals surface area contributed by atoms with Crippen LogP contribution in [0, 0.1) is 0 Å². The van der Waals surface area contributed by atoms with Crippen molar-refractivity contribution in [2.24, 2.45) is 0 Å². The second-order valence-electron chi connectivity index (χ2n) is 5.55. The largest absolute Gasteiger partial charge is 0.508 e. The average molecular weight is 295 g/mol. The van der Waals surface area contributed by atoms with E-state index in [9.17, 15) is 14.7 Å². The van der Waals surface area contributed by atoms with Crippen LogP contribution in [-0.2, 0) is 4.79 Å². The molecule has 2 aliphatic heterocycles. The maximum absolute atomic E-state index is 12.7. The number of aromatic hydroxyl groups is 1. The molecule has 6 heteroatoms. The van der Waals surface area contributed by atoms with Crippen molar-refractivity contribution in [1.82, 2.24) is 10.3 Å². The predicted octanol–water partition coefficient (Wildman–Crippen LogP) is 1.69. The Morgan fingerprint density at radius 2 is 2.18 bits per heavy atom. The highest BCUT2D eigenvalue weighted by molar-refractivity contribution is 6.26. The van der Waals surface area contributed by atoms with Gasteiger partial charge in [0.2, 0.25) is 5.91 Å². The minimum atomic E-state index is -0.606. The van der Waals surface area contributed by atoms with Crippen LogP contribution in [0.4, 0.5) is 5.82 Å². The summed E-state index contributed by atoms with van der Waals surface area (Å²) in [5.74, 6) is -0.0517. The van der Waals surface area contributed by atoms with Gasteiger partial charge in [-0.15, -0.1) is 0 Å². The molecule has 1 saturated heterocycles. The van der Waals surface area contributed by atoms with Crippen LogP contribution in [0.5, 0.6) is 5.75 Å². The van der Waals surface area contributed by atoms with Crippen LogP contribution in [0.1, 0.15) is 23.2 Å². The van der Waals surface area contributed by atoms with E-state index in [0.717, 1.165) is 5.39 Å². The summed E-state index contributed by atoms with van der Waals surface area (Å²) in [7, 11) is 0. The van der Waals surface area contributed by atoms with Gasteiger partial charge in [0.1, 0.15) is 17.6 Å². The Hall–Kier alpha value is -2.89. The Morgan fingerprint density at radius 3 is 2.95 bits per heavy atom. The van der Waals surface area contributed by atoms with E-state index >= 15 is 0 Å². The quantitative estimate of drug-likeness (QED) is 0.838. The third-order valence-electron chi connectivity index (χ3n) is 4.14. The molecule has 0 saturated carbocycles. The molecular weight excluding hydrogens is 282 g/mol. The molecule has 2 N–H and O–H groups in total. The molecule has 1 aromatic heterocycles. The van der Waals surface area contributed by atoms with Gasteiger partial charge in [-0.3, -0.25) is 14.5 Å². The van der Waals surface area contributed by atoms with Crippen LogP contribution >= 0.6 is 0 Å². The number of aromatic nitrogens is 1. The number of hydrogen-bond acceptors (Lipinski definition) is 4. The minimum Gasteiger partial charge on any atom is -0.508 e. The van der Waals surface area contributed by atoms with E-state index < -0.39 is 6.04 Å². The van der Waals surface area contributed by atoms with E-state index in [-0.39, 0.29) is 17.6 Å². The van der Waals surface area contributed by atoms with Crippen molar-refractivity contribution < 1.29 is 14.7 Å². The summed E-state index contributed by atoms with van der Waals surface area (Å²) in [5.41, 5.74) is 1.05. The van der Waals surface area contributed by atoms with E-state index in [1.165, 1.54) is 11.0 Å². The van der Waals surface area contributed by atoms with Crippen molar-refractivity contribution in [2.75, 3.05) is 4.90 Å². The number of carbonyl (C=O) groups excluding carboxylic acids is 2. The van der Waals surface area contributed by atoms with Crippen molar-refractivity contribution in [3.63, 3.8) is 0 Å². The lowest BCUT2D eigenvalue weighted by Crippen LogP contribution is -2.51. The molecule has 1 atom stereocenters. The lowest BCUT2D eigenvalue weighted by atomic mass is 10.0. The van der Waals surface area contributed by atoms with Gasteiger partial charge < -0.3 is 10.4 Å². The number of hydrogen-bond donors (Lipinski definition) is 2. The molecule has 0 spiro atoms. The van der Waals surface area contributed by atoms with E-state index in [2.05, 4.69) is 16.9 Å². The summed E-state index contributed by atoms with van der Waals surface area (Å²) >= 11 is 0. The maximum atomic E-state index is 12.7. The monoisotopic (exact) mass is 295 g/mol. The summed E-state index contributed by atoms with van der Waals surface area (Å²) in [6, 6.07) is 4.14. The Bertz CT molecular complexity index is 859. The summed E-state index contributed by atoms with van der Waals surface area (Å²) in [4.78, 5) is 30.7. The Labute approximate surface area is 126 Å². The number of allylic oxidation sites excluding steroid dienone is 1. The number of phenolic OH excluding ortho intramolecular Hbond substituents is 1. The first kappa shape index (κ1) is 12.8. The van der Waals surface area contributed by atoms with Crippen molar-refractivity contribution in [3.8, 4) is 5.75 Å². The van der Waals surface area contributed by atoms with Crippen LogP contribution in [0.25, 0.3) is 10.8 Å². The van der Waals surface area contributed by atoms with Gasteiger partial charge in [0.15, 0.2) is 0 Å². The number of phenols is 1. The van der Waals surface area contributed by atoms with Crippen LogP contribution in [0.2, 0.25) is 0 Å². The highest BCUT2D eigenvalue weighted by Gasteiger charge is 2.40. The SMILES string of the molecule is C=C1CCC(N2C(=O)c3cc(O)cc4ccnc2c34)C(=O)N1. The first-order valence-corrected chi connectivity index (χ1v) is 7.00. The van der Waals surface area contributed by atoms with E-state index in [1.807, 2.05) is 0 Å². The van der Waals surface area contributed by atoms with Crippen molar-refractivity contribution in [1.29, 1.82) is 0 Å². The molecule has 2 amide bonds. The molecule has 22 heavy (non-hydrogen) atoms. The first-order chi connectivity index (χ1) is 10.6. The summed E-state index contributed by atoms with van der Waals surface area (Å²) < 4.78 is 0. The fraction of sp³-hybridized carbons (Fsp3) is 0.188. The van der Waals surface area contributed by atoms with E-state index in [4.69, 9.17) is 0 Å². The van der Waals surface area contributed by atoms with Gasteiger partial charge in [0.25, 0.3) is 5.91 Å². The molecule has 1 fully saturated rings. The number of anilines is 1.